The highest BCUT2D eigenvalue weighted by Crippen LogP contribution is 2.26. The minimum absolute atomic E-state index is 0.173. The van der Waals surface area contributed by atoms with Gasteiger partial charge in [0.2, 0.25) is 5.91 Å². The fraction of sp³-hybridized carbons (Fsp3) is 0.400. The lowest BCUT2D eigenvalue weighted by Gasteiger charge is -2.40. The van der Waals surface area contributed by atoms with Gasteiger partial charge < -0.3 is 15.5 Å². The Morgan fingerprint density at radius 2 is 1.93 bits per heavy atom. The molecule has 3 amide bonds. The Balaban J connectivity index is 1.78. The van der Waals surface area contributed by atoms with Crippen molar-refractivity contribution in [2.45, 2.75) is 38.9 Å². The molecule has 0 aliphatic carbocycles. The molecule has 0 fully saturated rings. The van der Waals surface area contributed by atoms with Crippen molar-refractivity contribution >= 4 is 17.7 Å². The van der Waals surface area contributed by atoms with Crippen molar-refractivity contribution < 1.29 is 14.4 Å². The molecule has 1 atom stereocenters. The molecule has 3 rings (SSSR count). The summed E-state index contributed by atoms with van der Waals surface area (Å²) in [5.41, 5.74) is 0.345. The van der Waals surface area contributed by atoms with Crippen molar-refractivity contribution in [3.63, 3.8) is 0 Å². The van der Waals surface area contributed by atoms with Crippen molar-refractivity contribution in [1.29, 1.82) is 0 Å². The molecule has 0 bridgehead atoms. The zero-order valence-corrected chi connectivity index (χ0v) is 16.4. The lowest BCUT2D eigenvalue weighted by atomic mass is 9.96. The first-order chi connectivity index (χ1) is 13.4. The molecule has 28 heavy (non-hydrogen) atoms. The summed E-state index contributed by atoms with van der Waals surface area (Å²) in [7, 11) is 1.59. The molecule has 1 aromatic carbocycles. The molecule has 2 heterocycles. The zero-order chi connectivity index (χ0) is 20.3. The van der Waals surface area contributed by atoms with Gasteiger partial charge in [0.25, 0.3) is 11.8 Å². The van der Waals surface area contributed by atoms with Crippen LogP contribution in [0.5, 0.6) is 0 Å². The van der Waals surface area contributed by atoms with E-state index in [-0.39, 0.29) is 30.0 Å². The lowest BCUT2D eigenvalue weighted by molar-refractivity contribution is -0.132. The van der Waals surface area contributed by atoms with Crippen molar-refractivity contribution in [2.75, 3.05) is 13.6 Å². The third-order valence-electron chi connectivity index (χ3n) is 5.05. The van der Waals surface area contributed by atoms with Crippen LogP contribution < -0.4 is 10.6 Å². The first-order valence-electron chi connectivity index (χ1n) is 9.33. The molecule has 0 saturated heterocycles. The van der Waals surface area contributed by atoms with Gasteiger partial charge in [-0.25, -0.2) is 0 Å². The second kappa shape index (κ2) is 7.84. The Labute approximate surface area is 163 Å². The molecule has 1 aliphatic heterocycles. The fourth-order valence-electron chi connectivity index (χ4n) is 3.14. The van der Waals surface area contributed by atoms with Gasteiger partial charge in [-0.1, -0.05) is 37.3 Å². The van der Waals surface area contributed by atoms with Crippen LogP contribution >= 0.6 is 0 Å². The summed E-state index contributed by atoms with van der Waals surface area (Å²) in [5, 5.41) is 9.90. The molecule has 2 aromatic rings. The SMILES string of the molecule is CCCNC(=O)c1cc2n(n1)C[C@](C)(C(=O)NCc1ccccc1)N(C)C2=O. The van der Waals surface area contributed by atoms with Crippen LogP contribution in [0.25, 0.3) is 0 Å². The van der Waals surface area contributed by atoms with E-state index in [4.69, 9.17) is 0 Å². The van der Waals surface area contributed by atoms with Gasteiger partial charge in [-0.3, -0.25) is 19.1 Å². The monoisotopic (exact) mass is 383 g/mol. The number of carbonyl (C=O) groups excluding carboxylic acids is 3. The van der Waals surface area contributed by atoms with Crippen molar-refractivity contribution in [3.8, 4) is 0 Å². The van der Waals surface area contributed by atoms with Crippen molar-refractivity contribution in [1.82, 2.24) is 25.3 Å². The van der Waals surface area contributed by atoms with Crippen molar-refractivity contribution in [3.05, 3.63) is 53.3 Å². The molecule has 8 heteroatoms. The van der Waals surface area contributed by atoms with Gasteiger partial charge >= 0.3 is 0 Å². The van der Waals surface area contributed by atoms with Crippen LogP contribution in [0.15, 0.2) is 36.4 Å². The minimum Gasteiger partial charge on any atom is -0.351 e. The lowest BCUT2D eigenvalue weighted by Crippen LogP contribution is -2.62. The number of aromatic nitrogens is 2. The number of likely N-dealkylation sites (N-methyl/N-ethyl adjacent to an activating group) is 1. The number of carbonyl (C=O) groups is 3. The smallest absolute Gasteiger partial charge is 0.272 e. The molecule has 1 aromatic heterocycles. The second-order valence-corrected chi connectivity index (χ2v) is 7.13. The van der Waals surface area contributed by atoms with Crippen molar-refractivity contribution in [2.24, 2.45) is 0 Å². The molecule has 148 valence electrons. The fourth-order valence-corrected chi connectivity index (χ4v) is 3.14. The van der Waals surface area contributed by atoms with Gasteiger partial charge in [-0.05, 0) is 18.9 Å². The van der Waals surface area contributed by atoms with E-state index >= 15 is 0 Å². The van der Waals surface area contributed by atoms with E-state index < -0.39 is 5.54 Å². The number of nitrogens with one attached hydrogen (secondary N) is 2. The topological polar surface area (TPSA) is 96.3 Å². The number of hydrogen-bond donors (Lipinski definition) is 2. The maximum Gasteiger partial charge on any atom is 0.272 e. The quantitative estimate of drug-likeness (QED) is 0.783. The number of rotatable bonds is 6. The third-order valence-corrected chi connectivity index (χ3v) is 5.05. The maximum atomic E-state index is 12.9. The minimum atomic E-state index is -1.11. The van der Waals surface area contributed by atoms with Crippen LogP contribution in [0.4, 0.5) is 0 Å². The molecular formula is C20H25N5O3. The van der Waals surface area contributed by atoms with Crippen LogP contribution in [-0.4, -0.2) is 51.5 Å². The molecule has 2 N–H and O–H groups in total. The summed E-state index contributed by atoms with van der Waals surface area (Å²) in [4.78, 5) is 39.3. The van der Waals surface area contributed by atoms with Crippen LogP contribution in [0.3, 0.4) is 0 Å². The van der Waals surface area contributed by atoms with E-state index in [0.717, 1.165) is 12.0 Å². The van der Waals surface area contributed by atoms with Gasteiger partial charge in [0.15, 0.2) is 5.69 Å². The molecule has 0 saturated carbocycles. The average Bonchev–Trinajstić information content (AvgIpc) is 3.13. The van der Waals surface area contributed by atoms with E-state index in [1.54, 1.807) is 14.0 Å². The highest BCUT2D eigenvalue weighted by atomic mass is 16.2. The van der Waals surface area contributed by atoms with Crippen LogP contribution in [-0.2, 0) is 17.9 Å². The number of nitrogens with zero attached hydrogens (tertiary/aromatic N) is 3. The number of benzene rings is 1. The van der Waals surface area contributed by atoms with Crippen LogP contribution in [0, 0.1) is 0 Å². The molecule has 8 nitrogen and oxygen atoms in total. The Hall–Kier alpha value is -3.16. The highest BCUT2D eigenvalue weighted by Gasteiger charge is 2.46. The number of fused-ring (bicyclic) bond motifs is 1. The Kier molecular flexibility index (Phi) is 5.48. The Morgan fingerprint density at radius 3 is 2.61 bits per heavy atom. The summed E-state index contributed by atoms with van der Waals surface area (Å²) in [6, 6.07) is 11.0. The maximum absolute atomic E-state index is 12.9. The van der Waals surface area contributed by atoms with Gasteiger partial charge in [-0.2, -0.15) is 5.10 Å². The zero-order valence-electron chi connectivity index (χ0n) is 16.4. The highest BCUT2D eigenvalue weighted by molar-refractivity contribution is 6.01. The standard InChI is InChI=1S/C20H25N5O3/c1-4-10-21-17(26)15-11-16-18(27)24(3)20(2,13-25(16)23-15)19(28)22-12-14-8-6-5-7-9-14/h5-9,11H,4,10,12-13H2,1-3H3,(H,21,26)(H,22,28)/t20-/m1/s1. The Morgan fingerprint density at radius 1 is 1.21 bits per heavy atom. The largest absolute Gasteiger partial charge is 0.351 e. The van der Waals surface area contributed by atoms with Gasteiger partial charge in [0.1, 0.15) is 11.2 Å². The van der Waals surface area contributed by atoms with E-state index in [2.05, 4.69) is 15.7 Å². The summed E-state index contributed by atoms with van der Waals surface area (Å²) in [5.74, 6) is -0.939. The van der Waals surface area contributed by atoms with E-state index in [9.17, 15) is 14.4 Å². The van der Waals surface area contributed by atoms with Crippen LogP contribution in [0.1, 0.15) is 46.8 Å². The number of amides is 3. The number of hydrogen-bond acceptors (Lipinski definition) is 4. The van der Waals surface area contributed by atoms with E-state index in [1.165, 1.54) is 15.6 Å². The summed E-state index contributed by atoms with van der Waals surface area (Å²) >= 11 is 0. The summed E-state index contributed by atoms with van der Waals surface area (Å²) < 4.78 is 1.45. The summed E-state index contributed by atoms with van der Waals surface area (Å²) in [6.07, 6.45) is 0.806. The van der Waals surface area contributed by atoms with Gasteiger partial charge in [-0.15, -0.1) is 0 Å². The van der Waals surface area contributed by atoms with E-state index in [0.29, 0.717) is 18.8 Å². The first kappa shape index (κ1) is 19.6. The van der Waals surface area contributed by atoms with Crippen LogP contribution in [0.2, 0.25) is 0 Å². The van der Waals surface area contributed by atoms with E-state index in [1.807, 2.05) is 37.3 Å². The van der Waals surface area contributed by atoms with Gasteiger partial charge in [0.05, 0.1) is 6.54 Å². The third kappa shape index (κ3) is 3.62. The summed E-state index contributed by atoms with van der Waals surface area (Å²) in [6.45, 7) is 4.73. The predicted molar refractivity (Wildman–Crippen MR) is 104 cm³/mol. The Bertz CT molecular complexity index is 893. The van der Waals surface area contributed by atoms with Gasteiger partial charge in [0, 0.05) is 26.2 Å². The normalized spacial score (nSPS) is 18.5. The molecule has 0 radical (unpaired) electrons. The molecule has 1 aliphatic rings. The second-order valence-electron chi connectivity index (χ2n) is 7.13. The average molecular weight is 383 g/mol. The molecule has 0 unspecified atom stereocenters. The molecular weight excluding hydrogens is 358 g/mol. The molecule has 0 spiro atoms. The predicted octanol–water partition coefficient (Wildman–Crippen LogP) is 1.18. The first-order valence-corrected chi connectivity index (χ1v) is 9.33.